The van der Waals surface area contributed by atoms with Gasteiger partial charge in [0.1, 0.15) is 5.75 Å². The molecule has 3 rings (SSSR count). The van der Waals surface area contributed by atoms with Crippen LogP contribution in [0, 0.1) is 23.3 Å². The average Bonchev–Trinajstić information content (AvgIpc) is 2.60. The summed E-state index contributed by atoms with van der Waals surface area (Å²) in [7, 11) is 1.23. The van der Waals surface area contributed by atoms with Gasteiger partial charge in [-0.05, 0) is 23.6 Å². The molecule has 0 atom stereocenters. The average molecular weight is 350 g/mol. The summed E-state index contributed by atoms with van der Waals surface area (Å²) in [5, 5.41) is 0.211. The first-order chi connectivity index (χ1) is 11.9. The molecule has 0 radical (unpaired) electrons. The van der Waals surface area contributed by atoms with Gasteiger partial charge in [0, 0.05) is 17.5 Å². The fourth-order valence-corrected chi connectivity index (χ4v) is 2.30. The smallest absolute Gasteiger partial charge is 0.343 e. The molecule has 7 heteroatoms. The predicted octanol–water partition coefficient (Wildman–Crippen LogP) is 4.62. The Morgan fingerprint density at radius 2 is 1.56 bits per heavy atom. The molecule has 0 aliphatic rings. The predicted molar refractivity (Wildman–Crippen MR) is 81.7 cm³/mol. The SMILES string of the molecule is COc1cc(F)c(OC(=O)c2ccc3c(F)c(F)ccc3c2)c(F)c1. The Morgan fingerprint density at radius 1 is 0.880 bits per heavy atom. The van der Waals surface area contributed by atoms with Gasteiger partial charge in [0.05, 0.1) is 12.7 Å². The summed E-state index contributed by atoms with van der Waals surface area (Å²) in [6.07, 6.45) is 0. The lowest BCUT2D eigenvalue weighted by molar-refractivity contribution is 0.0720. The zero-order valence-electron chi connectivity index (χ0n) is 12.8. The molecule has 0 aromatic heterocycles. The first kappa shape index (κ1) is 16.8. The molecule has 0 spiro atoms. The Bertz CT molecular complexity index is 962. The minimum Gasteiger partial charge on any atom is -0.497 e. The van der Waals surface area contributed by atoms with E-state index >= 15 is 0 Å². The number of esters is 1. The van der Waals surface area contributed by atoms with Crippen LogP contribution in [0.25, 0.3) is 10.8 Å². The van der Waals surface area contributed by atoms with Crippen LogP contribution < -0.4 is 9.47 Å². The zero-order chi connectivity index (χ0) is 18.1. The molecule has 0 aliphatic carbocycles. The molecule has 0 aliphatic heterocycles. The molecular weight excluding hydrogens is 340 g/mol. The summed E-state index contributed by atoms with van der Waals surface area (Å²) >= 11 is 0. The van der Waals surface area contributed by atoms with Crippen molar-refractivity contribution in [1.29, 1.82) is 0 Å². The second-order valence-corrected chi connectivity index (χ2v) is 5.11. The summed E-state index contributed by atoms with van der Waals surface area (Å²) in [5.41, 5.74) is -0.0758. The number of fused-ring (bicyclic) bond motifs is 1. The minimum absolute atomic E-state index is 0.0293. The maximum atomic E-state index is 13.8. The van der Waals surface area contributed by atoms with Crippen LogP contribution >= 0.6 is 0 Å². The summed E-state index contributed by atoms with van der Waals surface area (Å²) < 4.78 is 64.0. The van der Waals surface area contributed by atoms with Crippen LogP contribution in [0.4, 0.5) is 17.6 Å². The molecule has 0 bridgehead atoms. The van der Waals surface area contributed by atoms with E-state index in [-0.39, 0.29) is 22.1 Å². The first-order valence-electron chi connectivity index (χ1n) is 7.03. The van der Waals surface area contributed by atoms with Crippen LogP contribution in [-0.4, -0.2) is 13.1 Å². The van der Waals surface area contributed by atoms with Crippen LogP contribution in [0.5, 0.6) is 11.5 Å². The number of carbonyl (C=O) groups is 1. The molecule has 0 N–H and O–H groups in total. The molecule has 0 saturated carbocycles. The van der Waals surface area contributed by atoms with Gasteiger partial charge < -0.3 is 9.47 Å². The van der Waals surface area contributed by atoms with Gasteiger partial charge in [0.15, 0.2) is 23.3 Å². The van der Waals surface area contributed by atoms with E-state index in [4.69, 9.17) is 9.47 Å². The van der Waals surface area contributed by atoms with Gasteiger partial charge >= 0.3 is 5.97 Å². The monoisotopic (exact) mass is 350 g/mol. The number of methoxy groups -OCH3 is 1. The van der Waals surface area contributed by atoms with E-state index in [0.29, 0.717) is 0 Å². The molecule has 3 aromatic carbocycles. The van der Waals surface area contributed by atoms with Crippen LogP contribution in [0.2, 0.25) is 0 Å². The summed E-state index contributed by atoms with van der Waals surface area (Å²) in [6.45, 7) is 0. The van der Waals surface area contributed by atoms with Crippen LogP contribution in [-0.2, 0) is 0 Å². The van der Waals surface area contributed by atoms with Gasteiger partial charge in [-0.1, -0.05) is 12.1 Å². The van der Waals surface area contributed by atoms with E-state index in [0.717, 1.165) is 18.2 Å². The highest BCUT2D eigenvalue weighted by molar-refractivity contribution is 5.96. The fraction of sp³-hybridized carbons (Fsp3) is 0.0556. The molecule has 25 heavy (non-hydrogen) atoms. The van der Waals surface area contributed by atoms with Crippen molar-refractivity contribution in [2.24, 2.45) is 0 Å². The van der Waals surface area contributed by atoms with Crippen molar-refractivity contribution in [2.45, 2.75) is 0 Å². The Labute approximate surface area is 139 Å². The molecule has 3 nitrogen and oxygen atoms in total. The highest BCUT2D eigenvalue weighted by Gasteiger charge is 2.19. The maximum Gasteiger partial charge on any atom is 0.343 e. The number of hydrogen-bond donors (Lipinski definition) is 0. The largest absolute Gasteiger partial charge is 0.497 e. The Kier molecular flexibility index (Phi) is 4.31. The summed E-state index contributed by atoms with van der Waals surface area (Å²) in [5.74, 6) is -6.29. The van der Waals surface area contributed by atoms with Crippen molar-refractivity contribution in [1.82, 2.24) is 0 Å². The van der Waals surface area contributed by atoms with Crippen LogP contribution in [0.3, 0.4) is 0 Å². The van der Waals surface area contributed by atoms with E-state index in [9.17, 15) is 22.4 Å². The van der Waals surface area contributed by atoms with Gasteiger partial charge in [-0.25, -0.2) is 22.4 Å². The zero-order valence-corrected chi connectivity index (χ0v) is 12.8. The Hall–Kier alpha value is -3.09. The van der Waals surface area contributed by atoms with Crippen LogP contribution in [0.1, 0.15) is 10.4 Å². The van der Waals surface area contributed by atoms with Gasteiger partial charge in [0.2, 0.25) is 5.75 Å². The number of halogens is 4. The lowest BCUT2D eigenvalue weighted by Gasteiger charge is -2.09. The number of hydrogen-bond acceptors (Lipinski definition) is 3. The molecule has 3 aromatic rings. The number of carbonyl (C=O) groups excluding carboxylic acids is 1. The van der Waals surface area contributed by atoms with E-state index in [1.807, 2.05) is 0 Å². The topological polar surface area (TPSA) is 35.5 Å². The molecule has 0 heterocycles. The molecule has 0 unspecified atom stereocenters. The lowest BCUT2D eigenvalue weighted by Crippen LogP contribution is -2.11. The number of ether oxygens (including phenoxy) is 2. The van der Waals surface area contributed by atoms with Crippen LogP contribution in [0.15, 0.2) is 42.5 Å². The standard InChI is InChI=1S/C18H10F4O3/c1-24-11-7-14(20)17(15(21)8-11)25-18(23)10-2-4-12-9(6-10)3-5-13(19)16(12)22/h2-8H,1H3. The van der Waals surface area contributed by atoms with Crippen molar-refractivity contribution in [2.75, 3.05) is 7.11 Å². The van der Waals surface area contributed by atoms with Crippen molar-refractivity contribution in [3.05, 3.63) is 71.3 Å². The number of benzene rings is 3. The summed E-state index contributed by atoms with van der Waals surface area (Å²) in [4.78, 5) is 12.1. The number of rotatable bonds is 3. The van der Waals surface area contributed by atoms with E-state index in [1.54, 1.807) is 0 Å². The summed E-state index contributed by atoms with van der Waals surface area (Å²) in [6, 6.07) is 7.51. The van der Waals surface area contributed by atoms with Crippen molar-refractivity contribution in [3.63, 3.8) is 0 Å². The third-order valence-electron chi connectivity index (χ3n) is 3.54. The molecular formula is C18H10F4O3. The molecule has 128 valence electrons. The van der Waals surface area contributed by atoms with Gasteiger partial charge in [-0.3, -0.25) is 0 Å². The second-order valence-electron chi connectivity index (χ2n) is 5.11. The molecule has 0 fully saturated rings. The maximum absolute atomic E-state index is 13.8. The van der Waals surface area contributed by atoms with E-state index < -0.39 is 35.0 Å². The quantitative estimate of drug-likeness (QED) is 0.393. The molecule has 0 saturated heterocycles. The Morgan fingerprint density at radius 3 is 2.20 bits per heavy atom. The first-order valence-corrected chi connectivity index (χ1v) is 7.03. The minimum atomic E-state index is -1.11. The fourth-order valence-electron chi connectivity index (χ4n) is 2.30. The van der Waals surface area contributed by atoms with Crippen molar-refractivity contribution >= 4 is 16.7 Å². The second kappa shape index (κ2) is 6.43. The molecule has 0 amide bonds. The van der Waals surface area contributed by atoms with Gasteiger partial charge in [-0.2, -0.15) is 0 Å². The highest BCUT2D eigenvalue weighted by atomic mass is 19.2. The van der Waals surface area contributed by atoms with Gasteiger partial charge in [0.25, 0.3) is 0 Å². The Balaban J connectivity index is 1.94. The highest BCUT2D eigenvalue weighted by Crippen LogP contribution is 2.28. The lowest BCUT2D eigenvalue weighted by atomic mass is 10.1. The van der Waals surface area contributed by atoms with E-state index in [2.05, 4.69) is 0 Å². The van der Waals surface area contributed by atoms with E-state index in [1.165, 1.54) is 31.4 Å². The van der Waals surface area contributed by atoms with Crippen molar-refractivity contribution < 1.29 is 31.8 Å². The normalized spacial score (nSPS) is 10.8. The third kappa shape index (κ3) is 3.13. The van der Waals surface area contributed by atoms with Crippen molar-refractivity contribution in [3.8, 4) is 11.5 Å². The third-order valence-corrected chi connectivity index (χ3v) is 3.54. The van der Waals surface area contributed by atoms with Gasteiger partial charge in [-0.15, -0.1) is 0 Å².